The maximum atomic E-state index is 5.61. The van der Waals surface area contributed by atoms with E-state index in [9.17, 15) is 0 Å². The summed E-state index contributed by atoms with van der Waals surface area (Å²) in [5, 5.41) is 0. The van der Waals surface area contributed by atoms with Crippen molar-refractivity contribution in [1.29, 1.82) is 0 Å². The molecule has 1 heteroatoms. The summed E-state index contributed by atoms with van der Waals surface area (Å²) in [6.45, 7) is 6.80. The Morgan fingerprint density at radius 1 is 1.50 bits per heavy atom. The number of ether oxygens (including phenoxy) is 1. The molecule has 0 N–H and O–H groups in total. The topological polar surface area (TPSA) is 9.23 Å². The van der Waals surface area contributed by atoms with E-state index in [1.807, 2.05) is 6.26 Å². The summed E-state index contributed by atoms with van der Waals surface area (Å²) in [5.41, 5.74) is 0.337. The lowest BCUT2D eigenvalue weighted by atomic mass is 9.80. The van der Waals surface area contributed by atoms with E-state index < -0.39 is 0 Å². The van der Waals surface area contributed by atoms with E-state index in [0.717, 1.165) is 6.42 Å². The van der Waals surface area contributed by atoms with Gasteiger partial charge < -0.3 is 4.74 Å². The maximum absolute atomic E-state index is 5.61. The number of hydrogen-bond acceptors (Lipinski definition) is 1. The minimum Gasteiger partial charge on any atom is -0.498 e. The molecule has 0 aromatic heterocycles. The number of rotatable bonds is 3. The second kappa shape index (κ2) is 3.97. The Morgan fingerprint density at radius 2 is 2.25 bits per heavy atom. The number of unbranched alkanes of at least 4 members (excludes halogenated alkanes) is 1. The van der Waals surface area contributed by atoms with E-state index in [1.165, 1.54) is 19.3 Å². The maximum Gasteiger partial charge on any atom is 0.103 e. The Kier molecular flexibility index (Phi) is 3.19. The van der Waals surface area contributed by atoms with Gasteiger partial charge in [-0.05, 0) is 18.9 Å². The summed E-state index contributed by atoms with van der Waals surface area (Å²) in [5.74, 6) is 0. The molecule has 1 unspecified atom stereocenters. The monoisotopic (exact) mass is 168 g/mol. The van der Waals surface area contributed by atoms with Gasteiger partial charge in [-0.2, -0.15) is 0 Å². The summed E-state index contributed by atoms with van der Waals surface area (Å²) < 4.78 is 5.61. The van der Waals surface area contributed by atoms with Crippen LogP contribution in [0.15, 0.2) is 12.3 Å². The van der Waals surface area contributed by atoms with Crippen LogP contribution >= 0.6 is 0 Å². The van der Waals surface area contributed by atoms with Gasteiger partial charge in [0.1, 0.15) is 6.10 Å². The summed E-state index contributed by atoms with van der Waals surface area (Å²) in [4.78, 5) is 0. The lowest BCUT2D eigenvalue weighted by Crippen LogP contribution is -2.32. The SMILES string of the molecule is CCCCC1OC=CCC1(C)C. The predicted molar refractivity (Wildman–Crippen MR) is 51.9 cm³/mol. The average molecular weight is 168 g/mol. The van der Waals surface area contributed by atoms with Crippen LogP contribution < -0.4 is 0 Å². The van der Waals surface area contributed by atoms with Crippen molar-refractivity contribution in [3.8, 4) is 0 Å². The molecule has 1 heterocycles. The van der Waals surface area contributed by atoms with Gasteiger partial charge in [0.2, 0.25) is 0 Å². The molecule has 0 saturated carbocycles. The van der Waals surface area contributed by atoms with Crippen molar-refractivity contribution in [2.45, 2.75) is 52.6 Å². The fourth-order valence-corrected chi connectivity index (χ4v) is 1.67. The summed E-state index contributed by atoms with van der Waals surface area (Å²) >= 11 is 0. The Labute approximate surface area is 75.8 Å². The van der Waals surface area contributed by atoms with Crippen molar-refractivity contribution in [2.24, 2.45) is 5.41 Å². The average Bonchev–Trinajstić information content (AvgIpc) is 2.02. The Morgan fingerprint density at radius 3 is 2.83 bits per heavy atom. The van der Waals surface area contributed by atoms with Crippen molar-refractivity contribution in [2.75, 3.05) is 0 Å². The molecule has 0 fully saturated rings. The molecule has 0 aromatic rings. The highest BCUT2D eigenvalue weighted by atomic mass is 16.5. The Bertz CT molecular complexity index is 158. The van der Waals surface area contributed by atoms with Gasteiger partial charge in [0.25, 0.3) is 0 Å². The van der Waals surface area contributed by atoms with Gasteiger partial charge in [-0.25, -0.2) is 0 Å². The fourth-order valence-electron chi connectivity index (χ4n) is 1.67. The molecular weight excluding hydrogens is 148 g/mol. The van der Waals surface area contributed by atoms with Crippen LogP contribution in [0.3, 0.4) is 0 Å². The molecule has 0 aromatic carbocycles. The fraction of sp³-hybridized carbons (Fsp3) is 0.818. The Hall–Kier alpha value is -0.460. The molecule has 70 valence electrons. The summed E-state index contributed by atoms with van der Waals surface area (Å²) in [7, 11) is 0. The molecule has 1 atom stereocenters. The van der Waals surface area contributed by atoms with Crippen LogP contribution in [-0.4, -0.2) is 6.10 Å². The molecule has 0 amide bonds. The Balaban J connectivity index is 2.45. The van der Waals surface area contributed by atoms with Crippen molar-refractivity contribution < 1.29 is 4.74 Å². The van der Waals surface area contributed by atoms with Gasteiger partial charge in [-0.1, -0.05) is 33.6 Å². The van der Waals surface area contributed by atoms with Crippen LogP contribution in [0.1, 0.15) is 46.5 Å². The normalized spacial score (nSPS) is 26.8. The molecule has 12 heavy (non-hydrogen) atoms. The minimum absolute atomic E-state index is 0.337. The van der Waals surface area contributed by atoms with Gasteiger partial charge in [0.15, 0.2) is 0 Å². The third kappa shape index (κ3) is 2.26. The highest BCUT2D eigenvalue weighted by molar-refractivity contribution is 4.93. The number of hydrogen-bond donors (Lipinski definition) is 0. The predicted octanol–water partition coefficient (Wildman–Crippen LogP) is 3.51. The smallest absolute Gasteiger partial charge is 0.103 e. The van der Waals surface area contributed by atoms with E-state index in [4.69, 9.17) is 4.74 Å². The van der Waals surface area contributed by atoms with E-state index >= 15 is 0 Å². The lowest BCUT2D eigenvalue weighted by molar-refractivity contribution is 0.0134. The molecule has 1 rings (SSSR count). The van der Waals surface area contributed by atoms with Crippen molar-refractivity contribution >= 4 is 0 Å². The van der Waals surface area contributed by atoms with Crippen molar-refractivity contribution in [3.63, 3.8) is 0 Å². The van der Waals surface area contributed by atoms with Crippen LogP contribution in [0.4, 0.5) is 0 Å². The highest BCUT2D eigenvalue weighted by Gasteiger charge is 2.30. The first-order valence-electron chi connectivity index (χ1n) is 4.97. The molecule has 0 saturated heterocycles. The summed E-state index contributed by atoms with van der Waals surface area (Å²) in [6.07, 6.45) is 9.33. The zero-order valence-electron chi connectivity index (χ0n) is 8.47. The molecule has 0 radical (unpaired) electrons. The van der Waals surface area contributed by atoms with Gasteiger partial charge in [0, 0.05) is 5.41 Å². The van der Waals surface area contributed by atoms with Gasteiger partial charge in [-0.15, -0.1) is 0 Å². The first kappa shape index (κ1) is 9.63. The van der Waals surface area contributed by atoms with E-state index in [0.29, 0.717) is 11.5 Å². The second-order valence-electron chi connectivity index (χ2n) is 4.33. The molecule has 1 aliphatic rings. The minimum atomic E-state index is 0.337. The van der Waals surface area contributed by atoms with Crippen LogP contribution in [0.5, 0.6) is 0 Å². The summed E-state index contributed by atoms with van der Waals surface area (Å²) in [6, 6.07) is 0. The first-order valence-corrected chi connectivity index (χ1v) is 4.97. The van der Waals surface area contributed by atoms with Crippen LogP contribution in [0, 0.1) is 5.41 Å². The largest absolute Gasteiger partial charge is 0.498 e. The van der Waals surface area contributed by atoms with Gasteiger partial charge in [0.05, 0.1) is 6.26 Å². The van der Waals surface area contributed by atoms with Gasteiger partial charge in [-0.3, -0.25) is 0 Å². The zero-order valence-corrected chi connectivity index (χ0v) is 8.47. The van der Waals surface area contributed by atoms with Crippen molar-refractivity contribution in [3.05, 3.63) is 12.3 Å². The second-order valence-corrected chi connectivity index (χ2v) is 4.33. The molecule has 0 spiro atoms. The first-order chi connectivity index (χ1) is 5.67. The molecule has 0 aliphatic carbocycles. The van der Waals surface area contributed by atoms with Crippen LogP contribution in [-0.2, 0) is 4.74 Å². The van der Waals surface area contributed by atoms with E-state index in [1.54, 1.807) is 0 Å². The standard InChI is InChI=1S/C11H20O/c1-4-5-7-10-11(2,3)8-6-9-12-10/h6,9-10H,4-5,7-8H2,1-3H3. The lowest BCUT2D eigenvalue weighted by Gasteiger charge is -2.35. The molecule has 1 aliphatic heterocycles. The molecular formula is C11H20O. The van der Waals surface area contributed by atoms with E-state index in [2.05, 4.69) is 26.8 Å². The highest BCUT2D eigenvalue weighted by Crippen LogP contribution is 2.34. The van der Waals surface area contributed by atoms with Crippen molar-refractivity contribution in [1.82, 2.24) is 0 Å². The van der Waals surface area contributed by atoms with Crippen LogP contribution in [0.2, 0.25) is 0 Å². The third-order valence-corrected chi connectivity index (χ3v) is 2.67. The molecule has 0 bridgehead atoms. The van der Waals surface area contributed by atoms with Gasteiger partial charge >= 0.3 is 0 Å². The third-order valence-electron chi connectivity index (χ3n) is 2.67. The zero-order chi connectivity index (χ0) is 9.03. The number of allylic oxidation sites excluding steroid dienone is 1. The molecule has 1 nitrogen and oxygen atoms in total. The van der Waals surface area contributed by atoms with Crippen LogP contribution in [0.25, 0.3) is 0 Å². The quantitative estimate of drug-likeness (QED) is 0.626. The van der Waals surface area contributed by atoms with E-state index in [-0.39, 0.29) is 0 Å².